The summed E-state index contributed by atoms with van der Waals surface area (Å²) in [5.74, 6) is 1.76. The highest BCUT2D eigenvalue weighted by atomic mass is 16.3. The van der Waals surface area contributed by atoms with E-state index in [4.69, 9.17) is 4.42 Å². The zero-order valence-corrected chi connectivity index (χ0v) is 12.7. The maximum atomic E-state index is 5.27. The lowest BCUT2D eigenvalue weighted by molar-refractivity contribution is 0.445. The minimum absolute atomic E-state index is 0.708. The van der Waals surface area contributed by atoms with E-state index in [0.717, 1.165) is 40.9 Å². The van der Waals surface area contributed by atoms with Crippen LogP contribution in [0.4, 0.5) is 5.82 Å². The molecule has 22 heavy (non-hydrogen) atoms. The molecule has 1 unspecified atom stereocenters. The van der Waals surface area contributed by atoms with Crippen molar-refractivity contribution in [3.05, 3.63) is 43.1 Å². The largest absolute Gasteiger partial charge is 0.472 e. The fourth-order valence-electron chi connectivity index (χ4n) is 3.37. The average molecular weight is 293 g/mol. The maximum Gasteiger partial charge on any atom is 0.140 e. The Balaban J connectivity index is 1.91. The number of benzene rings is 1. The molecule has 3 heterocycles. The molecule has 2 aromatic heterocycles. The molecule has 0 bridgehead atoms. The predicted octanol–water partition coefficient (Wildman–Crippen LogP) is 4.13. The van der Waals surface area contributed by atoms with Gasteiger partial charge in [0.25, 0.3) is 0 Å². The molecule has 0 N–H and O–H groups in total. The number of furan rings is 1. The first-order chi connectivity index (χ1) is 10.8. The average Bonchev–Trinajstić information content (AvgIpc) is 3.08. The lowest BCUT2D eigenvalue weighted by Gasteiger charge is -2.32. The highest BCUT2D eigenvalue weighted by Crippen LogP contribution is 2.35. The van der Waals surface area contributed by atoms with Crippen molar-refractivity contribution in [1.29, 1.82) is 0 Å². The number of anilines is 1. The molecule has 1 aromatic carbocycles. The normalized spacial score (nSPS) is 18.8. The molecular weight excluding hydrogens is 274 g/mol. The molecule has 0 saturated carbocycles. The Morgan fingerprint density at radius 3 is 3.00 bits per heavy atom. The number of aromatic nitrogens is 2. The Hall–Kier alpha value is -2.36. The van der Waals surface area contributed by atoms with Crippen LogP contribution in [0, 0.1) is 5.92 Å². The molecular formula is C18H19N3O. The second-order valence-corrected chi connectivity index (χ2v) is 6.10. The summed E-state index contributed by atoms with van der Waals surface area (Å²) in [5.41, 5.74) is 3.20. The van der Waals surface area contributed by atoms with E-state index in [1.807, 2.05) is 12.1 Å². The van der Waals surface area contributed by atoms with E-state index in [9.17, 15) is 0 Å². The van der Waals surface area contributed by atoms with E-state index < -0.39 is 0 Å². The van der Waals surface area contributed by atoms with Crippen molar-refractivity contribution in [2.45, 2.75) is 19.8 Å². The Morgan fingerprint density at radius 1 is 1.23 bits per heavy atom. The van der Waals surface area contributed by atoms with E-state index in [-0.39, 0.29) is 0 Å². The molecule has 4 heteroatoms. The standard InChI is InChI=1S/C18H19N3O/c1-13-4-3-8-21(10-13)18-17-15(14-7-9-22-11-14)5-2-6-16(17)19-12-20-18/h2,5-7,9,11-13H,3-4,8,10H2,1H3. The van der Waals surface area contributed by atoms with Gasteiger partial charge in [0, 0.05) is 18.7 Å². The first-order valence-electron chi connectivity index (χ1n) is 7.84. The van der Waals surface area contributed by atoms with Gasteiger partial charge in [-0.1, -0.05) is 19.1 Å². The number of fused-ring (bicyclic) bond motifs is 1. The first kappa shape index (κ1) is 13.3. The van der Waals surface area contributed by atoms with Crippen LogP contribution in [0.1, 0.15) is 19.8 Å². The van der Waals surface area contributed by atoms with Crippen molar-refractivity contribution in [1.82, 2.24) is 9.97 Å². The predicted molar refractivity (Wildman–Crippen MR) is 87.9 cm³/mol. The summed E-state index contributed by atoms with van der Waals surface area (Å²) in [6.07, 6.45) is 7.69. The van der Waals surface area contributed by atoms with Gasteiger partial charge in [-0.25, -0.2) is 9.97 Å². The van der Waals surface area contributed by atoms with E-state index in [1.54, 1.807) is 18.9 Å². The van der Waals surface area contributed by atoms with Gasteiger partial charge in [-0.15, -0.1) is 0 Å². The molecule has 3 aromatic rings. The summed E-state index contributed by atoms with van der Waals surface area (Å²) in [6.45, 7) is 4.44. The molecule has 0 amide bonds. The third-order valence-electron chi connectivity index (χ3n) is 4.43. The minimum Gasteiger partial charge on any atom is -0.472 e. The van der Waals surface area contributed by atoms with Crippen molar-refractivity contribution in [3.63, 3.8) is 0 Å². The summed E-state index contributed by atoms with van der Waals surface area (Å²) < 4.78 is 5.27. The van der Waals surface area contributed by atoms with Crippen LogP contribution >= 0.6 is 0 Å². The molecule has 1 saturated heterocycles. The zero-order valence-electron chi connectivity index (χ0n) is 12.7. The van der Waals surface area contributed by atoms with Crippen molar-refractivity contribution in [2.75, 3.05) is 18.0 Å². The van der Waals surface area contributed by atoms with Crippen LogP contribution in [0.3, 0.4) is 0 Å². The third kappa shape index (κ3) is 2.25. The van der Waals surface area contributed by atoms with E-state index in [1.165, 1.54) is 12.8 Å². The number of piperidine rings is 1. The fourth-order valence-corrected chi connectivity index (χ4v) is 3.37. The zero-order chi connectivity index (χ0) is 14.9. The second-order valence-electron chi connectivity index (χ2n) is 6.10. The molecule has 112 valence electrons. The van der Waals surface area contributed by atoms with Crippen LogP contribution in [0.2, 0.25) is 0 Å². The van der Waals surface area contributed by atoms with Crippen LogP contribution in [0.25, 0.3) is 22.0 Å². The Labute approximate surface area is 129 Å². The van der Waals surface area contributed by atoms with Crippen molar-refractivity contribution < 1.29 is 4.42 Å². The Kier molecular flexibility index (Phi) is 3.29. The van der Waals surface area contributed by atoms with Gasteiger partial charge >= 0.3 is 0 Å². The lowest BCUT2D eigenvalue weighted by atomic mass is 9.98. The summed E-state index contributed by atoms with van der Waals surface area (Å²) in [7, 11) is 0. The third-order valence-corrected chi connectivity index (χ3v) is 4.43. The molecule has 4 nitrogen and oxygen atoms in total. The number of rotatable bonds is 2. The topological polar surface area (TPSA) is 42.2 Å². The van der Waals surface area contributed by atoms with Crippen LogP contribution < -0.4 is 4.90 Å². The van der Waals surface area contributed by atoms with E-state index in [2.05, 4.69) is 33.9 Å². The van der Waals surface area contributed by atoms with Crippen molar-refractivity contribution in [2.24, 2.45) is 5.92 Å². The van der Waals surface area contributed by atoms with Gasteiger partial charge < -0.3 is 9.32 Å². The summed E-state index contributed by atoms with van der Waals surface area (Å²) >= 11 is 0. The molecule has 1 fully saturated rings. The van der Waals surface area contributed by atoms with Gasteiger partial charge in [0.15, 0.2) is 0 Å². The minimum atomic E-state index is 0.708. The van der Waals surface area contributed by atoms with Crippen molar-refractivity contribution in [3.8, 4) is 11.1 Å². The van der Waals surface area contributed by atoms with Crippen LogP contribution in [0.15, 0.2) is 47.5 Å². The maximum absolute atomic E-state index is 5.27. The first-order valence-corrected chi connectivity index (χ1v) is 7.84. The van der Waals surface area contributed by atoms with Gasteiger partial charge in [-0.3, -0.25) is 0 Å². The molecule has 0 aliphatic carbocycles. The lowest BCUT2D eigenvalue weighted by Crippen LogP contribution is -2.35. The van der Waals surface area contributed by atoms with Gasteiger partial charge in [0.1, 0.15) is 12.1 Å². The Bertz CT molecular complexity index is 777. The van der Waals surface area contributed by atoms with Gasteiger partial charge in [-0.05, 0) is 36.5 Å². The second kappa shape index (κ2) is 5.44. The van der Waals surface area contributed by atoms with E-state index in [0.29, 0.717) is 5.92 Å². The quantitative estimate of drug-likeness (QED) is 0.712. The van der Waals surface area contributed by atoms with Gasteiger partial charge in [0.2, 0.25) is 0 Å². The van der Waals surface area contributed by atoms with Crippen LogP contribution in [-0.4, -0.2) is 23.1 Å². The molecule has 0 radical (unpaired) electrons. The Morgan fingerprint density at radius 2 is 2.18 bits per heavy atom. The molecule has 1 aliphatic heterocycles. The SMILES string of the molecule is CC1CCCN(c2ncnc3cccc(-c4ccoc4)c23)C1. The summed E-state index contributed by atoms with van der Waals surface area (Å²) in [5, 5.41) is 1.13. The smallest absolute Gasteiger partial charge is 0.140 e. The highest BCUT2D eigenvalue weighted by Gasteiger charge is 2.21. The molecule has 4 rings (SSSR count). The highest BCUT2D eigenvalue weighted by molar-refractivity contribution is 6.01. The number of nitrogens with zero attached hydrogens (tertiary/aromatic N) is 3. The summed E-state index contributed by atoms with van der Waals surface area (Å²) in [4.78, 5) is 11.5. The van der Waals surface area contributed by atoms with Crippen LogP contribution in [0.5, 0.6) is 0 Å². The molecule has 1 aliphatic rings. The van der Waals surface area contributed by atoms with E-state index >= 15 is 0 Å². The van der Waals surface area contributed by atoms with Crippen molar-refractivity contribution >= 4 is 16.7 Å². The summed E-state index contributed by atoms with van der Waals surface area (Å²) in [6, 6.07) is 8.20. The van der Waals surface area contributed by atoms with Gasteiger partial charge in [-0.2, -0.15) is 0 Å². The molecule has 0 spiro atoms. The van der Waals surface area contributed by atoms with Crippen LogP contribution in [-0.2, 0) is 0 Å². The monoisotopic (exact) mass is 293 g/mol. The molecule has 1 atom stereocenters. The fraction of sp³-hybridized carbons (Fsp3) is 0.333. The number of hydrogen-bond donors (Lipinski definition) is 0. The van der Waals surface area contributed by atoms with Gasteiger partial charge in [0.05, 0.1) is 23.4 Å². The number of hydrogen-bond acceptors (Lipinski definition) is 4.